The van der Waals surface area contributed by atoms with Crippen LogP contribution < -0.4 is 14.8 Å². The predicted molar refractivity (Wildman–Crippen MR) is 156 cm³/mol. The molecule has 3 N–H and O–H groups in total. The average Bonchev–Trinajstić information content (AvgIpc) is 3.29. The maximum absolute atomic E-state index is 15.2. The first-order valence-electron chi connectivity index (χ1n) is 12.3. The number of halogens is 2. The Morgan fingerprint density at radius 3 is 2.74 bits per heavy atom. The minimum absolute atomic E-state index is 0.216. The number of carbonyl (C=O) groups is 1. The highest BCUT2D eigenvalue weighted by Gasteiger charge is 2.23. The van der Waals surface area contributed by atoms with E-state index in [4.69, 9.17) is 4.74 Å². The summed E-state index contributed by atoms with van der Waals surface area (Å²) in [6.07, 6.45) is 1.96. The molecule has 13 heteroatoms. The summed E-state index contributed by atoms with van der Waals surface area (Å²) >= 11 is 0. The Bertz CT molecular complexity index is 1550. The van der Waals surface area contributed by atoms with Crippen LogP contribution in [0.4, 0.5) is 20.2 Å². The fourth-order valence-corrected chi connectivity index (χ4v) is 6.45. The van der Waals surface area contributed by atoms with Crippen LogP contribution in [0.3, 0.4) is 0 Å². The summed E-state index contributed by atoms with van der Waals surface area (Å²) in [5.41, 5.74) is 1.01. The molecular weight excluding hydrogens is 545 g/mol. The SMILES string of the molecule is CCC[SH](=O)(P)Nc1ccc(F)c(C(=O)Nc2cnc3[nH]nc(-c4cccc(OCCN(C)C)c4)c3c2)c1F. The van der Waals surface area contributed by atoms with Crippen LogP contribution in [0.25, 0.3) is 22.3 Å². The van der Waals surface area contributed by atoms with Gasteiger partial charge in [0.25, 0.3) is 5.91 Å². The van der Waals surface area contributed by atoms with Crippen molar-refractivity contribution in [2.75, 3.05) is 43.0 Å². The lowest BCUT2D eigenvalue weighted by molar-refractivity contribution is 0.101. The summed E-state index contributed by atoms with van der Waals surface area (Å²) in [5.74, 6) is -2.22. The monoisotopic (exact) mass is 576 g/mol. The van der Waals surface area contributed by atoms with Crippen LogP contribution in [-0.4, -0.2) is 63.2 Å². The van der Waals surface area contributed by atoms with Gasteiger partial charge in [0.2, 0.25) is 0 Å². The van der Waals surface area contributed by atoms with Gasteiger partial charge in [-0.15, -0.1) is 0 Å². The molecule has 0 aliphatic heterocycles. The Kier molecular flexibility index (Phi) is 8.89. The number of amides is 1. The van der Waals surface area contributed by atoms with Crippen LogP contribution in [0.5, 0.6) is 5.75 Å². The van der Waals surface area contributed by atoms with Crippen molar-refractivity contribution in [1.82, 2.24) is 20.1 Å². The van der Waals surface area contributed by atoms with Gasteiger partial charge in [0.1, 0.15) is 29.4 Å². The molecule has 4 rings (SSSR count). The number of nitrogens with zero attached hydrogens (tertiary/aromatic N) is 3. The molecule has 2 aromatic carbocycles. The number of aromatic nitrogens is 3. The zero-order valence-corrected chi connectivity index (χ0v) is 23.8. The number of pyridine rings is 1. The third-order valence-electron chi connectivity index (χ3n) is 5.77. The van der Waals surface area contributed by atoms with E-state index in [2.05, 4.69) is 33.7 Å². The second-order valence-corrected chi connectivity index (χ2v) is 14.0. The summed E-state index contributed by atoms with van der Waals surface area (Å²) in [4.78, 5) is 19.3. The number of rotatable bonds is 11. The van der Waals surface area contributed by atoms with E-state index in [0.29, 0.717) is 41.3 Å². The first kappa shape index (κ1) is 28.5. The third kappa shape index (κ3) is 6.95. The van der Waals surface area contributed by atoms with E-state index < -0.39 is 32.8 Å². The van der Waals surface area contributed by atoms with E-state index >= 15 is 4.39 Å². The van der Waals surface area contributed by atoms with Crippen molar-refractivity contribution in [3.63, 3.8) is 0 Å². The minimum Gasteiger partial charge on any atom is -0.492 e. The summed E-state index contributed by atoms with van der Waals surface area (Å²) in [7, 11) is 3.11. The van der Waals surface area contributed by atoms with Gasteiger partial charge in [-0.3, -0.25) is 14.1 Å². The highest BCUT2D eigenvalue weighted by molar-refractivity contribution is 8.46. The Morgan fingerprint density at radius 1 is 1.21 bits per heavy atom. The van der Waals surface area contributed by atoms with E-state index in [0.717, 1.165) is 24.2 Å². The molecule has 0 saturated carbocycles. The van der Waals surface area contributed by atoms with Gasteiger partial charge in [-0.1, -0.05) is 19.1 Å². The summed E-state index contributed by atoms with van der Waals surface area (Å²) in [5, 5.41) is 10.3. The van der Waals surface area contributed by atoms with Crippen LogP contribution >= 0.6 is 8.44 Å². The normalized spacial score (nSPS) is 12.1. The molecule has 9 nitrogen and oxygen atoms in total. The maximum atomic E-state index is 15.2. The number of hydrogen-bond donors (Lipinski definition) is 4. The summed E-state index contributed by atoms with van der Waals surface area (Å²) < 4.78 is 50.8. The van der Waals surface area contributed by atoms with Gasteiger partial charge in [-0.25, -0.2) is 13.8 Å². The molecular formula is C26H31F2N6O3PS. The van der Waals surface area contributed by atoms with Gasteiger partial charge in [-0.05, 0) is 69.0 Å². The van der Waals surface area contributed by atoms with Crippen LogP contribution in [-0.2, 0) is 9.74 Å². The van der Waals surface area contributed by atoms with Crippen LogP contribution in [0.2, 0.25) is 0 Å². The van der Waals surface area contributed by atoms with Crippen molar-refractivity contribution in [3.05, 3.63) is 65.9 Å². The topological polar surface area (TPSA) is 112 Å². The number of fused-ring (bicyclic) bond motifs is 1. The fourth-order valence-electron chi connectivity index (χ4n) is 3.90. The molecule has 0 radical (unpaired) electrons. The molecule has 1 atom stereocenters. The van der Waals surface area contributed by atoms with Crippen molar-refractivity contribution in [2.45, 2.75) is 13.3 Å². The second kappa shape index (κ2) is 12.1. The lowest BCUT2D eigenvalue weighted by atomic mass is 10.1. The van der Waals surface area contributed by atoms with E-state index in [1.165, 1.54) is 6.20 Å². The second-order valence-electron chi connectivity index (χ2n) is 9.24. The highest BCUT2D eigenvalue weighted by Crippen LogP contribution is 2.31. The van der Waals surface area contributed by atoms with Crippen molar-refractivity contribution >= 4 is 46.5 Å². The Hall–Kier alpha value is -3.47. The lowest BCUT2D eigenvalue weighted by Gasteiger charge is -2.22. The Labute approximate surface area is 228 Å². The molecule has 0 fully saturated rings. The number of hydrogen-bond acceptors (Lipinski definition) is 6. The minimum atomic E-state index is -3.00. The van der Waals surface area contributed by atoms with E-state index in [-0.39, 0.29) is 11.4 Å². The fraction of sp³-hybridized carbons (Fsp3) is 0.269. The number of ether oxygens (including phenoxy) is 1. The van der Waals surface area contributed by atoms with Crippen molar-refractivity contribution in [1.29, 1.82) is 0 Å². The maximum Gasteiger partial charge on any atom is 0.261 e. The molecule has 0 aliphatic rings. The largest absolute Gasteiger partial charge is 0.492 e. The summed E-state index contributed by atoms with van der Waals surface area (Å²) in [6, 6.07) is 11.1. The van der Waals surface area contributed by atoms with Gasteiger partial charge in [0.15, 0.2) is 11.5 Å². The smallest absolute Gasteiger partial charge is 0.261 e. The zero-order chi connectivity index (χ0) is 28.2. The zero-order valence-electron chi connectivity index (χ0n) is 21.8. The van der Waals surface area contributed by atoms with Gasteiger partial charge >= 0.3 is 0 Å². The number of H-pyrrole nitrogens is 1. The lowest BCUT2D eigenvalue weighted by Crippen LogP contribution is -2.21. The summed E-state index contributed by atoms with van der Waals surface area (Å²) in [6.45, 7) is 3.12. The van der Waals surface area contributed by atoms with Crippen LogP contribution in [0, 0.1) is 11.6 Å². The number of anilines is 2. The number of carbonyl (C=O) groups excluding carboxylic acids is 1. The molecule has 2 aromatic heterocycles. The molecule has 0 saturated heterocycles. The van der Waals surface area contributed by atoms with Gasteiger partial charge in [-0.2, -0.15) is 5.10 Å². The van der Waals surface area contributed by atoms with Gasteiger partial charge in [0, 0.05) is 23.2 Å². The van der Waals surface area contributed by atoms with Crippen LogP contribution in [0.15, 0.2) is 48.7 Å². The Morgan fingerprint density at radius 2 is 2.00 bits per heavy atom. The van der Waals surface area contributed by atoms with Crippen molar-refractivity contribution in [3.8, 4) is 17.0 Å². The average molecular weight is 577 g/mol. The molecule has 1 amide bonds. The van der Waals surface area contributed by atoms with Gasteiger partial charge < -0.3 is 19.7 Å². The Balaban J connectivity index is 1.59. The molecule has 1 unspecified atom stereocenters. The van der Waals surface area contributed by atoms with Crippen LogP contribution in [0.1, 0.15) is 23.7 Å². The molecule has 2 heterocycles. The number of aromatic amines is 1. The highest BCUT2D eigenvalue weighted by atomic mass is 32.8. The van der Waals surface area contributed by atoms with Gasteiger partial charge in [0.05, 0.1) is 17.6 Å². The van der Waals surface area contributed by atoms with E-state index in [1.807, 2.05) is 50.2 Å². The standard InChI is InChI=1S/C26H31F2N6O3PS/c1-4-12-39(36,38)33-21-9-8-20(27)22(23(21)28)26(35)30-17-14-19-24(31-32-25(19)29-15-17)16-6-5-7-18(13-16)37-11-10-34(2)3/h5-9,13-15,39H,4,10-12,38H2,1-3H3,(H,30,35)(H,33,36)(H,29,31,32). The predicted octanol–water partition coefficient (Wildman–Crippen LogP) is 4.64. The molecule has 0 spiro atoms. The van der Waals surface area contributed by atoms with Crippen molar-refractivity contribution < 1.29 is 22.5 Å². The van der Waals surface area contributed by atoms with E-state index in [9.17, 15) is 13.4 Å². The van der Waals surface area contributed by atoms with E-state index in [1.54, 1.807) is 6.07 Å². The number of nitrogens with one attached hydrogen (secondary N) is 3. The molecule has 0 aliphatic carbocycles. The van der Waals surface area contributed by atoms with Crippen molar-refractivity contribution in [2.24, 2.45) is 0 Å². The number of thiol groups is 1. The third-order valence-corrected chi connectivity index (χ3v) is 8.67. The number of likely N-dealkylation sites (N-methyl/N-ethyl adjacent to an activating group) is 1. The molecule has 0 bridgehead atoms. The number of benzene rings is 2. The molecule has 39 heavy (non-hydrogen) atoms. The first-order chi connectivity index (χ1) is 18.6. The first-order valence-corrected chi connectivity index (χ1v) is 15.8. The quantitative estimate of drug-likeness (QED) is 0.153. The molecule has 4 aromatic rings. The molecule has 208 valence electrons.